The molecule has 0 saturated carbocycles. The molecule has 4 rings (SSSR count). The monoisotopic (exact) mass is 385 g/mol. The first kappa shape index (κ1) is 15.6. The summed E-state index contributed by atoms with van der Waals surface area (Å²) in [6.07, 6.45) is 2.19. The van der Waals surface area contributed by atoms with Crippen LogP contribution in [0.4, 0.5) is 5.69 Å². The molecule has 0 radical (unpaired) electrons. The number of hydrazone groups is 1. The van der Waals surface area contributed by atoms with Gasteiger partial charge in [0.2, 0.25) is 0 Å². The zero-order valence-corrected chi connectivity index (χ0v) is 15.3. The van der Waals surface area contributed by atoms with Crippen molar-refractivity contribution >= 4 is 31.0 Å². The number of para-hydroxylation sites is 1. The van der Waals surface area contributed by atoms with Crippen LogP contribution in [0.15, 0.2) is 65.8 Å². The van der Waals surface area contributed by atoms with Crippen LogP contribution in [0.25, 0.3) is 0 Å². The van der Waals surface area contributed by atoms with Crippen LogP contribution in [0.1, 0.15) is 23.2 Å². The van der Waals surface area contributed by atoms with Crippen molar-refractivity contribution in [2.45, 2.75) is 17.4 Å². The molecular weight excluding hydrogens is 365 g/mol. The van der Waals surface area contributed by atoms with Crippen molar-refractivity contribution in [3.8, 4) is 0 Å². The van der Waals surface area contributed by atoms with Gasteiger partial charge in [0.05, 0.1) is 0 Å². The molecule has 1 atom stereocenters. The average Bonchev–Trinajstić information content (AvgIpc) is 3.20. The van der Waals surface area contributed by atoms with Gasteiger partial charge in [0, 0.05) is 0 Å². The summed E-state index contributed by atoms with van der Waals surface area (Å²) >= 11 is -0.0129. The van der Waals surface area contributed by atoms with Crippen molar-refractivity contribution in [2.24, 2.45) is 5.10 Å². The Morgan fingerprint density at radius 1 is 1.08 bits per heavy atom. The number of Topliss-reactive ketones (excluding diaryl/α,β-unsaturated/α-hetero) is 1. The topological polar surface area (TPSA) is 35.9 Å². The van der Waals surface area contributed by atoms with Gasteiger partial charge in [-0.15, -0.1) is 0 Å². The van der Waals surface area contributed by atoms with E-state index in [2.05, 4.69) is 29.1 Å². The molecule has 2 aliphatic rings. The zero-order chi connectivity index (χ0) is 16.6. The van der Waals surface area contributed by atoms with Gasteiger partial charge in [-0.1, -0.05) is 0 Å². The summed E-state index contributed by atoms with van der Waals surface area (Å²) in [4.78, 5) is 15.3. The molecule has 4 nitrogen and oxygen atoms in total. The Labute approximate surface area is 148 Å². The maximum atomic E-state index is 12.9. The molecule has 0 aromatic heterocycles. The SMILES string of the molecule is CN1CCCC12[Se]C(C(=O)c1ccccc1)=NN2c1ccccc1. The van der Waals surface area contributed by atoms with Crippen LogP contribution < -0.4 is 5.01 Å². The molecule has 2 aliphatic heterocycles. The number of nitrogens with zero attached hydrogens (tertiary/aromatic N) is 3. The summed E-state index contributed by atoms with van der Waals surface area (Å²) in [7, 11) is 2.15. The Morgan fingerprint density at radius 2 is 1.75 bits per heavy atom. The van der Waals surface area contributed by atoms with E-state index >= 15 is 0 Å². The summed E-state index contributed by atoms with van der Waals surface area (Å²) in [5.41, 5.74) is 1.79. The minimum absolute atomic E-state index is 0.0129. The predicted molar refractivity (Wildman–Crippen MR) is 97.5 cm³/mol. The van der Waals surface area contributed by atoms with Gasteiger partial charge < -0.3 is 0 Å². The van der Waals surface area contributed by atoms with Gasteiger partial charge in [-0.2, -0.15) is 0 Å². The molecule has 0 N–H and O–H groups in total. The van der Waals surface area contributed by atoms with Crippen molar-refractivity contribution in [1.29, 1.82) is 0 Å². The molecule has 5 heteroatoms. The van der Waals surface area contributed by atoms with Crippen LogP contribution in [-0.4, -0.2) is 48.4 Å². The van der Waals surface area contributed by atoms with Crippen molar-refractivity contribution in [2.75, 3.05) is 18.6 Å². The fraction of sp³-hybridized carbons (Fsp3) is 0.263. The molecule has 122 valence electrons. The third-order valence-electron chi connectivity index (χ3n) is 4.61. The Kier molecular flexibility index (Phi) is 4.01. The Morgan fingerprint density at radius 3 is 2.38 bits per heavy atom. The normalized spacial score (nSPS) is 23.7. The molecule has 2 heterocycles. The van der Waals surface area contributed by atoms with Crippen LogP contribution in [0.5, 0.6) is 0 Å². The first-order chi connectivity index (χ1) is 11.7. The van der Waals surface area contributed by atoms with Crippen LogP contribution in [0.2, 0.25) is 0 Å². The molecule has 1 unspecified atom stereocenters. The number of hydrogen-bond donors (Lipinski definition) is 0. The van der Waals surface area contributed by atoms with Crippen LogP contribution in [0.3, 0.4) is 0 Å². The van der Waals surface area contributed by atoms with Gasteiger partial charge in [0.15, 0.2) is 0 Å². The van der Waals surface area contributed by atoms with Crippen molar-refractivity contribution in [3.05, 3.63) is 66.2 Å². The van der Waals surface area contributed by atoms with Crippen LogP contribution in [0, 0.1) is 0 Å². The van der Waals surface area contributed by atoms with E-state index < -0.39 is 0 Å². The number of likely N-dealkylation sites (tertiary alicyclic amines) is 1. The maximum absolute atomic E-state index is 12.9. The quantitative estimate of drug-likeness (QED) is 0.603. The number of carbonyl (C=O) groups is 1. The van der Waals surface area contributed by atoms with E-state index in [9.17, 15) is 4.79 Å². The first-order valence-corrected chi connectivity index (χ1v) is 9.86. The van der Waals surface area contributed by atoms with E-state index in [0.29, 0.717) is 4.61 Å². The van der Waals surface area contributed by atoms with Crippen molar-refractivity contribution < 1.29 is 4.79 Å². The van der Waals surface area contributed by atoms with Crippen LogP contribution in [-0.2, 0) is 0 Å². The van der Waals surface area contributed by atoms with Gasteiger partial charge in [0.25, 0.3) is 0 Å². The van der Waals surface area contributed by atoms with E-state index in [1.165, 1.54) is 0 Å². The van der Waals surface area contributed by atoms with Gasteiger partial charge >= 0.3 is 148 Å². The van der Waals surface area contributed by atoms with Gasteiger partial charge in [-0.05, 0) is 0 Å². The molecule has 1 fully saturated rings. The van der Waals surface area contributed by atoms with E-state index in [0.717, 1.165) is 30.6 Å². The second kappa shape index (κ2) is 6.17. The molecule has 2 aromatic carbocycles. The third kappa shape index (κ3) is 2.49. The van der Waals surface area contributed by atoms with Gasteiger partial charge in [-0.3, -0.25) is 0 Å². The molecule has 1 saturated heterocycles. The third-order valence-corrected chi connectivity index (χ3v) is 7.70. The minimum atomic E-state index is -0.145. The van der Waals surface area contributed by atoms with E-state index in [-0.39, 0.29) is 25.3 Å². The van der Waals surface area contributed by atoms with Crippen LogP contribution >= 0.6 is 0 Å². The number of rotatable bonds is 3. The standard InChI is InChI=1S/C19H19N3OSe/c1-21-14-8-13-19(21)22(16-11-6-3-7-12-16)20-18(24-19)17(23)15-9-4-2-5-10-15/h2-7,9-12H,8,13-14H2,1H3. The van der Waals surface area contributed by atoms with E-state index in [1.54, 1.807) is 0 Å². The number of benzene rings is 2. The number of carbonyl (C=O) groups excluding carboxylic acids is 1. The summed E-state index contributed by atoms with van der Waals surface area (Å²) in [5.74, 6) is 0.0636. The van der Waals surface area contributed by atoms with Gasteiger partial charge in [0.1, 0.15) is 0 Å². The number of hydrogen-bond acceptors (Lipinski definition) is 4. The first-order valence-electron chi connectivity index (χ1n) is 8.15. The molecular formula is C19H19N3OSe. The number of anilines is 1. The summed E-state index contributed by atoms with van der Waals surface area (Å²) in [5, 5.41) is 6.90. The Balaban J connectivity index is 1.74. The van der Waals surface area contributed by atoms with Crippen molar-refractivity contribution in [3.63, 3.8) is 0 Å². The van der Waals surface area contributed by atoms with E-state index in [1.807, 2.05) is 48.5 Å². The van der Waals surface area contributed by atoms with E-state index in [4.69, 9.17) is 5.10 Å². The van der Waals surface area contributed by atoms with Crippen molar-refractivity contribution in [1.82, 2.24) is 4.90 Å². The summed E-state index contributed by atoms with van der Waals surface area (Å²) in [6, 6.07) is 19.7. The molecule has 2 aromatic rings. The Hall–Kier alpha value is -1.94. The predicted octanol–water partition coefficient (Wildman–Crippen LogP) is 2.79. The fourth-order valence-corrected chi connectivity index (χ4v) is 6.20. The Bertz CT molecular complexity index is 778. The summed E-state index contributed by atoms with van der Waals surface area (Å²) < 4.78 is 0.569. The molecule has 1 spiro atoms. The molecule has 24 heavy (non-hydrogen) atoms. The fourth-order valence-electron chi connectivity index (χ4n) is 3.33. The second-order valence-electron chi connectivity index (χ2n) is 6.12. The molecule has 0 aliphatic carbocycles. The zero-order valence-electron chi connectivity index (χ0n) is 13.6. The molecule has 0 bridgehead atoms. The number of ketones is 1. The average molecular weight is 384 g/mol. The summed E-state index contributed by atoms with van der Waals surface area (Å²) in [6.45, 7) is 1.05. The molecule has 0 amide bonds. The van der Waals surface area contributed by atoms with Gasteiger partial charge in [-0.25, -0.2) is 0 Å². The second-order valence-corrected chi connectivity index (χ2v) is 8.73.